The molecule has 0 radical (unpaired) electrons. The molecule has 0 aliphatic heterocycles. The summed E-state index contributed by atoms with van der Waals surface area (Å²) in [6.07, 6.45) is 23.4. The van der Waals surface area contributed by atoms with Crippen molar-refractivity contribution in [1.29, 1.82) is 0 Å². The van der Waals surface area contributed by atoms with Gasteiger partial charge in [-0.1, -0.05) is 77.0 Å². The first kappa shape index (κ1) is 16.3. The van der Waals surface area contributed by atoms with E-state index < -0.39 is 0 Å². The van der Waals surface area contributed by atoms with Crippen LogP contribution in [0.4, 0.5) is 0 Å². The lowest BCUT2D eigenvalue weighted by Crippen LogP contribution is -2.29. The van der Waals surface area contributed by atoms with E-state index in [-0.39, 0.29) is 0 Å². The maximum atomic E-state index is 6.08. The standard InChI is InChI=1S/C19H37N/c20-19-15-13-18(14-16-19)17-11-9-7-5-3-1-2-4-6-8-10-12-17/h17-19H,1-16,20H2/t18-,19-. The maximum Gasteiger partial charge on any atom is 0.00390 e. The number of hydrogen-bond acceptors (Lipinski definition) is 1. The fraction of sp³-hybridized carbons (Fsp3) is 1.00. The van der Waals surface area contributed by atoms with Gasteiger partial charge in [0.1, 0.15) is 0 Å². The molecule has 0 aromatic carbocycles. The Hall–Kier alpha value is -0.0400. The molecule has 0 aromatic rings. The lowest BCUT2D eigenvalue weighted by molar-refractivity contribution is 0.204. The fourth-order valence-electron chi connectivity index (χ4n) is 4.46. The zero-order valence-corrected chi connectivity index (χ0v) is 13.6. The zero-order valence-electron chi connectivity index (χ0n) is 13.6. The molecule has 2 fully saturated rings. The van der Waals surface area contributed by atoms with E-state index in [1.807, 2.05) is 0 Å². The Kier molecular flexibility index (Phi) is 8.02. The molecule has 0 aromatic heterocycles. The number of nitrogens with two attached hydrogens (primary N) is 1. The molecule has 2 aliphatic carbocycles. The van der Waals surface area contributed by atoms with Crippen LogP contribution < -0.4 is 5.73 Å². The van der Waals surface area contributed by atoms with Crippen molar-refractivity contribution in [2.24, 2.45) is 17.6 Å². The van der Waals surface area contributed by atoms with Gasteiger partial charge in [-0.15, -0.1) is 0 Å². The van der Waals surface area contributed by atoms with Crippen LogP contribution in [-0.2, 0) is 0 Å². The van der Waals surface area contributed by atoms with Crippen molar-refractivity contribution < 1.29 is 0 Å². The molecule has 20 heavy (non-hydrogen) atoms. The van der Waals surface area contributed by atoms with Gasteiger partial charge in [0, 0.05) is 6.04 Å². The highest BCUT2D eigenvalue weighted by molar-refractivity contribution is 4.79. The molecule has 2 N–H and O–H groups in total. The van der Waals surface area contributed by atoms with Crippen LogP contribution in [0.15, 0.2) is 0 Å². The van der Waals surface area contributed by atoms with Crippen LogP contribution in [0.5, 0.6) is 0 Å². The second kappa shape index (κ2) is 9.82. The lowest BCUT2D eigenvalue weighted by atomic mass is 9.74. The largest absolute Gasteiger partial charge is 0.328 e. The van der Waals surface area contributed by atoms with Gasteiger partial charge in [-0.3, -0.25) is 0 Å². The summed E-state index contributed by atoms with van der Waals surface area (Å²) in [5.41, 5.74) is 6.08. The Bertz CT molecular complexity index is 216. The summed E-state index contributed by atoms with van der Waals surface area (Å²) in [5.74, 6) is 2.04. The van der Waals surface area contributed by atoms with Crippen LogP contribution in [0, 0.1) is 11.8 Å². The van der Waals surface area contributed by atoms with Crippen molar-refractivity contribution in [3.8, 4) is 0 Å². The first-order valence-electron chi connectivity index (χ1n) is 9.62. The second-order valence-corrected chi connectivity index (χ2v) is 7.55. The zero-order chi connectivity index (χ0) is 14.0. The van der Waals surface area contributed by atoms with Gasteiger partial charge in [0.05, 0.1) is 0 Å². The average molecular weight is 280 g/mol. The first-order chi connectivity index (χ1) is 9.86. The Balaban J connectivity index is 1.77. The third-order valence-electron chi connectivity index (χ3n) is 5.88. The van der Waals surface area contributed by atoms with E-state index in [1.165, 1.54) is 103 Å². The van der Waals surface area contributed by atoms with E-state index in [4.69, 9.17) is 5.73 Å². The van der Waals surface area contributed by atoms with E-state index in [1.54, 1.807) is 0 Å². The van der Waals surface area contributed by atoms with E-state index in [0.717, 1.165) is 11.8 Å². The molecule has 0 heterocycles. The van der Waals surface area contributed by atoms with Gasteiger partial charge in [0.2, 0.25) is 0 Å². The topological polar surface area (TPSA) is 26.0 Å². The summed E-state index contributed by atoms with van der Waals surface area (Å²) < 4.78 is 0. The van der Waals surface area contributed by atoms with Crippen molar-refractivity contribution in [2.75, 3.05) is 0 Å². The smallest absolute Gasteiger partial charge is 0.00390 e. The Morgan fingerprint density at radius 3 is 1.20 bits per heavy atom. The molecule has 118 valence electrons. The summed E-state index contributed by atoms with van der Waals surface area (Å²) >= 11 is 0. The van der Waals surface area contributed by atoms with Crippen molar-refractivity contribution >= 4 is 0 Å². The molecule has 2 aliphatic rings. The van der Waals surface area contributed by atoms with E-state index in [9.17, 15) is 0 Å². The lowest BCUT2D eigenvalue weighted by Gasteiger charge is -2.33. The number of rotatable bonds is 1. The van der Waals surface area contributed by atoms with Crippen molar-refractivity contribution in [3.63, 3.8) is 0 Å². The summed E-state index contributed by atoms with van der Waals surface area (Å²) in [7, 11) is 0. The van der Waals surface area contributed by atoms with Crippen LogP contribution in [0.3, 0.4) is 0 Å². The molecule has 0 bridgehead atoms. The highest BCUT2D eigenvalue weighted by atomic mass is 14.6. The van der Waals surface area contributed by atoms with Gasteiger partial charge >= 0.3 is 0 Å². The van der Waals surface area contributed by atoms with Crippen LogP contribution in [0.1, 0.15) is 103 Å². The predicted octanol–water partition coefficient (Wildman–Crippen LogP) is 5.81. The van der Waals surface area contributed by atoms with Crippen LogP contribution in [0.25, 0.3) is 0 Å². The second-order valence-electron chi connectivity index (χ2n) is 7.55. The number of hydrogen-bond donors (Lipinski definition) is 1. The quantitative estimate of drug-likeness (QED) is 0.643. The molecule has 0 spiro atoms. The minimum Gasteiger partial charge on any atom is -0.328 e. The minimum absolute atomic E-state index is 0.515. The normalized spacial score (nSPS) is 32.9. The van der Waals surface area contributed by atoms with Gasteiger partial charge in [-0.25, -0.2) is 0 Å². The maximum absolute atomic E-state index is 6.08. The molecule has 1 heteroatoms. The third kappa shape index (κ3) is 6.16. The van der Waals surface area contributed by atoms with Crippen molar-refractivity contribution in [1.82, 2.24) is 0 Å². The predicted molar refractivity (Wildman–Crippen MR) is 88.8 cm³/mol. The Morgan fingerprint density at radius 1 is 0.400 bits per heavy atom. The van der Waals surface area contributed by atoms with Crippen molar-refractivity contribution in [3.05, 3.63) is 0 Å². The molecule has 0 atom stereocenters. The van der Waals surface area contributed by atoms with Gasteiger partial charge < -0.3 is 5.73 Å². The van der Waals surface area contributed by atoms with E-state index >= 15 is 0 Å². The summed E-state index contributed by atoms with van der Waals surface area (Å²) in [4.78, 5) is 0. The van der Waals surface area contributed by atoms with Gasteiger partial charge in [0.15, 0.2) is 0 Å². The summed E-state index contributed by atoms with van der Waals surface area (Å²) in [6.45, 7) is 0. The van der Waals surface area contributed by atoms with Gasteiger partial charge in [-0.05, 0) is 37.5 Å². The molecule has 1 nitrogen and oxygen atoms in total. The molecule has 2 saturated carbocycles. The SMILES string of the molecule is N[C@H]1CC[C@H](C2CCCCCCCCCCCC2)CC1. The van der Waals surface area contributed by atoms with Gasteiger partial charge in [-0.2, -0.15) is 0 Å². The highest BCUT2D eigenvalue weighted by Gasteiger charge is 2.25. The highest BCUT2D eigenvalue weighted by Crippen LogP contribution is 2.35. The Labute approximate surface area is 127 Å². The third-order valence-corrected chi connectivity index (χ3v) is 5.88. The van der Waals surface area contributed by atoms with Gasteiger partial charge in [0.25, 0.3) is 0 Å². The molecule has 2 rings (SSSR count). The first-order valence-corrected chi connectivity index (χ1v) is 9.62. The summed E-state index contributed by atoms with van der Waals surface area (Å²) in [5, 5.41) is 0. The van der Waals surface area contributed by atoms with Crippen molar-refractivity contribution in [2.45, 2.75) is 109 Å². The molecular weight excluding hydrogens is 242 g/mol. The molecule has 0 saturated heterocycles. The molecule has 0 amide bonds. The van der Waals surface area contributed by atoms with E-state index in [0.29, 0.717) is 6.04 Å². The summed E-state index contributed by atoms with van der Waals surface area (Å²) in [6, 6.07) is 0.515. The average Bonchev–Trinajstić information content (AvgIpc) is 2.49. The van der Waals surface area contributed by atoms with E-state index in [2.05, 4.69) is 0 Å². The van der Waals surface area contributed by atoms with Crippen LogP contribution in [0.2, 0.25) is 0 Å². The fourth-order valence-corrected chi connectivity index (χ4v) is 4.46. The minimum atomic E-state index is 0.515. The monoisotopic (exact) mass is 279 g/mol. The van der Waals surface area contributed by atoms with Crippen LogP contribution in [-0.4, -0.2) is 6.04 Å². The Morgan fingerprint density at radius 2 is 0.750 bits per heavy atom. The molecule has 0 unspecified atom stereocenters. The van der Waals surface area contributed by atoms with Crippen LogP contribution >= 0.6 is 0 Å². The molecular formula is C19H37N.